The highest BCUT2D eigenvalue weighted by molar-refractivity contribution is 7.89. The van der Waals surface area contributed by atoms with Crippen molar-refractivity contribution in [2.75, 3.05) is 19.0 Å². The predicted octanol–water partition coefficient (Wildman–Crippen LogP) is 0.752. The highest BCUT2D eigenvalue weighted by atomic mass is 35.5. The first-order chi connectivity index (χ1) is 7.64. The molecule has 0 heterocycles. The fraction of sp³-hybridized carbons (Fsp3) is 0.222. The van der Waals surface area contributed by atoms with Crippen LogP contribution in [0.4, 0.5) is 5.69 Å². The molecule has 94 valence electrons. The Hall–Kier alpha value is -1.31. The number of nitrogens with zero attached hydrogens (tertiary/aromatic N) is 1. The fourth-order valence-corrected chi connectivity index (χ4v) is 2.49. The minimum Gasteiger partial charge on any atom is -0.478 e. The van der Waals surface area contributed by atoms with E-state index < -0.39 is 20.9 Å². The van der Waals surface area contributed by atoms with Gasteiger partial charge in [0.1, 0.15) is 4.90 Å². The van der Waals surface area contributed by atoms with Gasteiger partial charge in [-0.15, -0.1) is 0 Å². The Morgan fingerprint density at radius 1 is 1.41 bits per heavy atom. The van der Waals surface area contributed by atoms with Crippen LogP contribution < -0.4 is 10.0 Å². The Kier molecular flexibility index (Phi) is 3.65. The molecule has 1 aromatic rings. The summed E-state index contributed by atoms with van der Waals surface area (Å²) in [4.78, 5) is 12.0. The summed E-state index contributed by atoms with van der Waals surface area (Å²) < 4.78 is 22.6. The Balaban J connectivity index is 3.67. The molecule has 0 amide bonds. The summed E-state index contributed by atoms with van der Waals surface area (Å²) in [5, 5.41) is 13.8. The van der Waals surface area contributed by atoms with E-state index in [4.69, 9.17) is 21.8 Å². The van der Waals surface area contributed by atoms with Crippen molar-refractivity contribution in [2.45, 2.75) is 4.90 Å². The third-order valence-electron chi connectivity index (χ3n) is 2.06. The van der Waals surface area contributed by atoms with Gasteiger partial charge in [0, 0.05) is 14.1 Å². The van der Waals surface area contributed by atoms with Crippen molar-refractivity contribution in [1.82, 2.24) is 0 Å². The van der Waals surface area contributed by atoms with Gasteiger partial charge in [0.15, 0.2) is 0 Å². The Morgan fingerprint density at radius 2 is 1.94 bits per heavy atom. The molecule has 8 heteroatoms. The zero-order valence-corrected chi connectivity index (χ0v) is 10.7. The number of primary sulfonamides is 1. The second kappa shape index (κ2) is 4.52. The molecule has 1 aromatic carbocycles. The van der Waals surface area contributed by atoms with E-state index in [-0.39, 0.29) is 16.3 Å². The summed E-state index contributed by atoms with van der Waals surface area (Å²) in [6.45, 7) is 0. The Labute approximate surface area is 104 Å². The van der Waals surface area contributed by atoms with Crippen LogP contribution in [0.15, 0.2) is 17.0 Å². The van der Waals surface area contributed by atoms with Crippen molar-refractivity contribution in [3.63, 3.8) is 0 Å². The quantitative estimate of drug-likeness (QED) is 0.850. The number of rotatable bonds is 3. The number of carbonyl (C=O) groups is 1. The highest BCUT2D eigenvalue weighted by Crippen LogP contribution is 2.32. The third kappa shape index (κ3) is 2.87. The minimum absolute atomic E-state index is 0.0949. The molecule has 0 unspecified atom stereocenters. The molecule has 6 nitrogen and oxygen atoms in total. The van der Waals surface area contributed by atoms with Crippen molar-refractivity contribution < 1.29 is 18.3 Å². The van der Waals surface area contributed by atoms with Crippen molar-refractivity contribution in [2.24, 2.45) is 5.14 Å². The van der Waals surface area contributed by atoms with Gasteiger partial charge in [-0.3, -0.25) is 0 Å². The summed E-state index contributed by atoms with van der Waals surface area (Å²) in [6.07, 6.45) is 0. The van der Waals surface area contributed by atoms with E-state index in [0.29, 0.717) is 0 Å². The lowest BCUT2D eigenvalue weighted by Gasteiger charge is -2.17. The largest absolute Gasteiger partial charge is 0.478 e. The summed E-state index contributed by atoms with van der Waals surface area (Å²) >= 11 is 5.87. The summed E-state index contributed by atoms with van der Waals surface area (Å²) in [6, 6.07) is 2.21. The maximum absolute atomic E-state index is 11.3. The van der Waals surface area contributed by atoms with E-state index in [2.05, 4.69) is 0 Å². The molecule has 1 rings (SSSR count). The summed E-state index contributed by atoms with van der Waals surface area (Å²) in [5.74, 6) is -1.25. The molecule has 0 radical (unpaired) electrons. The van der Waals surface area contributed by atoms with Crippen LogP contribution >= 0.6 is 11.6 Å². The van der Waals surface area contributed by atoms with Gasteiger partial charge in [-0.05, 0) is 12.1 Å². The number of nitrogens with two attached hydrogens (primary N) is 1. The first-order valence-corrected chi connectivity index (χ1v) is 6.34. The molecule has 0 spiro atoms. The van der Waals surface area contributed by atoms with Crippen molar-refractivity contribution >= 4 is 33.3 Å². The van der Waals surface area contributed by atoms with E-state index in [0.717, 1.165) is 6.07 Å². The van der Waals surface area contributed by atoms with Crippen molar-refractivity contribution in [3.8, 4) is 0 Å². The maximum Gasteiger partial charge on any atom is 0.335 e. The van der Waals surface area contributed by atoms with Gasteiger partial charge in [-0.2, -0.15) is 0 Å². The molecule has 0 aromatic heterocycles. The van der Waals surface area contributed by atoms with Crippen LogP contribution in [-0.2, 0) is 10.0 Å². The molecule has 0 atom stereocenters. The standard InChI is InChI=1S/C9H11ClN2O4S/c1-12(2)6-3-5(9(13)14)4-7(8(6)10)17(11,15)16/h3-4H,1-2H3,(H,13,14)(H2,11,15,16). The first kappa shape index (κ1) is 13.8. The van der Waals surface area contributed by atoms with E-state index in [9.17, 15) is 13.2 Å². The third-order valence-corrected chi connectivity index (χ3v) is 3.50. The molecule has 0 aliphatic heterocycles. The average Bonchev–Trinajstić information content (AvgIpc) is 2.15. The van der Waals surface area contributed by atoms with Crippen LogP contribution in [0.1, 0.15) is 10.4 Å². The molecule has 17 heavy (non-hydrogen) atoms. The zero-order chi connectivity index (χ0) is 13.4. The number of carboxylic acid groups (broad SMARTS) is 1. The lowest BCUT2D eigenvalue weighted by atomic mass is 10.2. The van der Waals surface area contributed by atoms with Crippen LogP contribution in [0.25, 0.3) is 0 Å². The topological polar surface area (TPSA) is 101 Å². The molecule has 0 bridgehead atoms. The number of carboxylic acids is 1. The molecule has 3 N–H and O–H groups in total. The number of aromatic carboxylic acids is 1. The van der Waals surface area contributed by atoms with Crippen LogP contribution in [-0.4, -0.2) is 33.6 Å². The van der Waals surface area contributed by atoms with Gasteiger partial charge in [-0.1, -0.05) is 11.6 Å². The van der Waals surface area contributed by atoms with E-state index in [1.165, 1.54) is 11.0 Å². The number of benzene rings is 1. The summed E-state index contributed by atoms with van der Waals surface area (Å²) in [7, 11) is -0.846. The number of anilines is 1. The van der Waals surface area contributed by atoms with Gasteiger partial charge in [0.25, 0.3) is 0 Å². The predicted molar refractivity (Wildman–Crippen MR) is 64.1 cm³/mol. The van der Waals surface area contributed by atoms with Crippen LogP contribution in [0.3, 0.4) is 0 Å². The normalized spacial score (nSPS) is 11.3. The number of hydrogen-bond acceptors (Lipinski definition) is 4. The Morgan fingerprint density at radius 3 is 2.29 bits per heavy atom. The fourth-order valence-electron chi connectivity index (χ4n) is 1.24. The second-order valence-electron chi connectivity index (χ2n) is 3.55. The first-order valence-electron chi connectivity index (χ1n) is 4.41. The van der Waals surface area contributed by atoms with Gasteiger partial charge >= 0.3 is 5.97 Å². The van der Waals surface area contributed by atoms with Crippen molar-refractivity contribution in [3.05, 3.63) is 22.7 Å². The molecule has 0 aliphatic carbocycles. The maximum atomic E-state index is 11.3. The van der Waals surface area contributed by atoms with E-state index >= 15 is 0 Å². The molecule has 0 aliphatic rings. The number of halogens is 1. The second-order valence-corrected chi connectivity index (χ2v) is 5.46. The van der Waals surface area contributed by atoms with Gasteiger partial charge in [0.2, 0.25) is 10.0 Å². The van der Waals surface area contributed by atoms with Gasteiger partial charge in [-0.25, -0.2) is 18.4 Å². The molecule has 0 saturated heterocycles. The molecular formula is C9H11ClN2O4S. The zero-order valence-electron chi connectivity index (χ0n) is 9.14. The van der Waals surface area contributed by atoms with Crippen LogP contribution in [0.5, 0.6) is 0 Å². The SMILES string of the molecule is CN(C)c1cc(C(=O)O)cc(S(N)(=O)=O)c1Cl. The molecule has 0 saturated carbocycles. The average molecular weight is 279 g/mol. The minimum atomic E-state index is -4.07. The van der Waals surface area contributed by atoms with Crippen LogP contribution in [0, 0.1) is 0 Å². The molecular weight excluding hydrogens is 268 g/mol. The lowest BCUT2D eigenvalue weighted by Crippen LogP contribution is -2.17. The monoisotopic (exact) mass is 278 g/mol. The van der Waals surface area contributed by atoms with E-state index in [1.54, 1.807) is 14.1 Å². The lowest BCUT2D eigenvalue weighted by molar-refractivity contribution is 0.0696. The van der Waals surface area contributed by atoms with Gasteiger partial charge in [0.05, 0.1) is 16.3 Å². The smallest absolute Gasteiger partial charge is 0.335 e. The van der Waals surface area contributed by atoms with Crippen LogP contribution in [0.2, 0.25) is 5.02 Å². The van der Waals surface area contributed by atoms with Crippen molar-refractivity contribution in [1.29, 1.82) is 0 Å². The molecule has 0 fully saturated rings. The number of hydrogen-bond donors (Lipinski definition) is 2. The Bertz CT molecular complexity index is 569. The number of sulfonamides is 1. The van der Waals surface area contributed by atoms with Gasteiger partial charge < -0.3 is 10.0 Å². The summed E-state index contributed by atoms with van der Waals surface area (Å²) in [5.41, 5.74) is 0.0812. The van der Waals surface area contributed by atoms with E-state index in [1.807, 2.05) is 0 Å². The highest BCUT2D eigenvalue weighted by Gasteiger charge is 2.20.